The highest BCUT2D eigenvalue weighted by molar-refractivity contribution is 5.86. The van der Waals surface area contributed by atoms with Gasteiger partial charge in [0.1, 0.15) is 6.10 Å². The zero-order valence-corrected chi connectivity index (χ0v) is 6.56. The number of fused-ring (bicyclic) bond motifs is 1. The molecule has 0 bridgehead atoms. The summed E-state index contributed by atoms with van der Waals surface area (Å²) >= 11 is 0. The number of hydrogen-bond donors (Lipinski definition) is 1. The molecule has 0 amide bonds. The Morgan fingerprint density at radius 2 is 2.50 bits per heavy atom. The van der Waals surface area contributed by atoms with Gasteiger partial charge < -0.3 is 9.84 Å². The molecular weight excluding hydrogens is 156 g/mol. The van der Waals surface area contributed by atoms with Gasteiger partial charge in [-0.3, -0.25) is 0 Å². The Hall–Kier alpha value is -1.25. The van der Waals surface area contributed by atoms with Gasteiger partial charge in [-0.2, -0.15) is 0 Å². The molecule has 2 aliphatic rings. The quantitative estimate of drug-likeness (QED) is 0.639. The van der Waals surface area contributed by atoms with Crippen LogP contribution in [-0.2, 0) is 9.53 Å². The third kappa shape index (κ3) is 1.11. The second-order valence-corrected chi connectivity index (χ2v) is 3.13. The maximum absolute atomic E-state index is 10.6. The van der Waals surface area contributed by atoms with Crippen molar-refractivity contribution < 1.29 is 14.6 Å². The molecule has 12 heavy (non-hydrogen) atoms. The van der Waals surface area contributed by atoms with E-state index in [0.29, 0.717) is 17.9 Å². The Balaban J connectivity index is 2.17. The van der Waals surface area contributed by atoms with Crippen LogP contribution in [0.5, 0.6) is 0 Å². The summed E-state index contributed by atoms with van der Waals surface area (Å²) in [6, 6.07) is 0. The third-order valence-electron chi connectivity index (χ3n) is 2.37. The van der Waals surface area contributed by atoms with Crippen LogP contribution < -0.4 is 0 Å². The Bertz CT molecular complexity index is 265. The summed E-state index contributed by atoms with van der Waals surface area (Å²) < 4.78 is 5.22. The second kappa shape index (κ2) is 2.66. The highest BCUT2D eigenvalue weighted by Gasteiger charge is 2.28. The van der Waals surface area contributed by atoms with E-state index in [2.05, 4.69) is 0 Å². The van der Waals surface area contributed by atoms with Crippen molar-refractivity contribution in [2.45, 2.75) is 18.9 Å². The summed E-state index contributed by atoms with van der Waals surface area (Å²) in [5.41, 5.74) is 0.486. The fourth-order valence-corrected chi connectivity index (χ4v) is 1.65. The van der Waals surface area contributed by atoms with Gasteiger partial charge in [0.25, 0.3) is 0 Å². The lowest BCUT2D eigenvalue weighted by Crippen LogP contribution is -2.21. The van der Waals surface area contributed by atoms with Gasteiger partial charge in [-0.05, 0) is 25.0 Å². The smallest absolute Gasteiger partial charge is 0.331 e. The number of carboxylic acid groups (broad SMARTS) is 1. The summed E-state index contributed by atoms with van der Waals surface area (Å²) in [6.07, 6.45) is 6.90. The van der Waals surface area contributed by atoms with Gasteiger partial charge in [0, 0.05) is 11.5 Å². The largest absolute Gasteiger partial charge is 0.494 e. The van der Waals surface area contributed by atoms with E-state index in [9.17, 15) is 4.79 Å². The summed E-state index contributed by atoms with van der Waals surface area (Å²) in [5, 5.41) is 8.71. The lowest BCUT2D eigenvalue weighted by Gasteiger charge is -2.20. The maximum atomic E-state index is 10.6. The molecule has 2 atom stereocenters. The third-order valence-corrected chi connectivity index (χ3v) is 2.37. The molecule has 0 aromatic rings. The molecule has 2 unspecified atom stereocenters. The van der Waals surface area contributed by atoms with E-state index < -0.39 is 5.97 Å². The lowest BCUT2D eigenvalue weighted by molar-refractivity contribution is -0.133. The molecule has 0 saturated carbocycles. The van der Waals surface area contributed by atoms with Crippen LogP contribution >= 0.6 is 0 Å². The highest BCUT2D eigenvalue weighted by Crippen LogP contribution is 2.30. The van der Waals surface area contributed by atoms with E-state index >= 15 is 0 Å². The average molecular weight is 166 g/mol. The van der Waals surface area contributed by atoms with Gasteiger partial charge in [-0.25, -0.2) is 4.79 Å². The molecule has 3 nitrogen and oxygen atoms in total. The SMILES string of the molecule is O=C(O)C1=CC2OC=CC2CC1. The molecule has 1 aliphatic carbocycles. The van der Waals surface area contributed by atoms with Crippen molar-refractivity contribution in [1.82, 2.24) is 0 Å². The summed E-state index contributed by atoms with van der Waals surface area (Å²) in [4.78, 5) is 10.6. The van der Waals surface area contributed by atoms with Crippen molar-refractivity contribution in [3.8, 4) is 0 Å². The molecule has 1 N–H and O–H groups in total. The molecule has 2 rings (SSSR count). The molecule has 0 saturated heterocycles. The van der Waals surface area contributed by atoms with Gasteiger partial charge in [-0.1, -0.05) is 0 Å². The van der Waals surface area contributed by atoms with Gasteiger partial charge in [0.15, 0.2) is 0 Å². The number of ether oxygens (including phenoxy) is 1. The second-order valence-electron chi connectivity index (χ2n) is 3.13. The van der Waals surface area contributed by atoms with Gasteiger partial charge in [0.05, 0.1) is 6.26 Å². The Morgan fingerprint density at radius 3 is 3.25 bits per heavy atom. The average Bonchev–Trinajstić information content (AvgIpc) is 2.49. The molecule has 1 heterocycles. The number of hydrogen-bond acceptors (Lipinski definition) is 2. The summed E-state index contributed by atoms with van der Waals surface area (Å²) in [5.74, 6) is -0.419. The minimum atomic E-state index is -0.816. The fraction of sp³-hybridized carbons (Fsp3) is 0.444. The zero-order valence-electron chi connectivity index (χ0n) is 6.56. The standard InChI is InChI=1S/C9H10O3/c10-9(11)7-2-1-6-3-4-12-8(6)5-7/h3-6,8H,1-2H2,(H,10,11). The Labute approximate surface area is 70.3 Å². The predicted molar refractivity (Wildman–Crippen MR) is 42.5 cm³/mol. The van der Waals surface area contributed by atoms with Crippen LogP contribution in [0.15, 0.2) is 24.0 Å². The Morgan fingerprint density at radius 1 is 1.67 bits per heavy atom. The lowest BCUT2D eigenvalue weighted by atomic mass is 9.88. The molecule has 0 fully saturated rings. The molecule has 0 aromatic carbocycles. The molecule has 1 aliphatic heterocycles. The zero-order chi connectivity index (χ0) is 8.55. The molecule has 0 spiro atoms. The first kappa shape index (κ1) is 7.40. The van der Waals surface area contributed by atoms with E-state index in [4.69, 9.17) is 9.84 Å². The normalized spacial score (nSPS) is 32.2. The molecule has 3 heteroatoms. The van der Waals surface area contributed by atoms with Gasteiger partial charge in [-0.15, -0.1) is 0 Å². The van der Waals surface area contributed by atoms with Gasteiger partial charge in [0.2, 0.25) is 0 Å². The fourth-order valence-electron chi connectivity index (χ4n) is 1.65. The van der Waals surface area contributed by atoms with Crippen LogP contribution in [0.2, 0.25) is 0 Å². The van der Waals surface area contributed by atoms with Crippen molar-refractivity contribution in [1.29, 1.82) is 0 Å². The van der Waals surface area contributed by atoms with E-state index in [-0.39, 0.29) is 6.10 Å². The Kier molecular flexibility index (Phi) is 1.64. The summed E-state index contributed by atoms with van der Waals surface area (Å²) in [6.45, 7) is 0. The van der Waals surface area contributed by atoms with Crippen LogP contribution in [0.1, 0.15) is 12.8 Å². The van der Waals surface area contributed by atoms with Crippen molar-refractivity contribution in [3.63, 3.8) is 0 Å². The number of carboxylic acids is 1. The first-order chi connectivity index (χ1) is 5.77. The molecule has 0 aromatic heterocycles. The van der Waals surface area contributed by atoms with Crippen molar-refractivity contribution >= 4 is 5.97 Å². The predicted octanol–water partition coefficient (Wildman–Crippen LogP) is 1.32. The minimum Gasteiger partial charge on any atom is -0.494 e. The molecule has 0 radical (unpaired) electrons. The maximum Gasteiger partial charge on any atom is 0.331 e. The number of rotatable bonds is 1. The monoisotopic (exact) mass is 166 g/mol. The van der Waals surface area contributed by atoms with Crippen molar-refractivity contribution in [2.24, 2.45) is 5.92 Å². The topological polar surface area (TPSA) is 46.5 Å². The first-order valence-electron chi connectivity index (χ1n) is 4.03. The molecular formula is C9H10O3. The van der Waals surface area contributed by atoms with Gasteiger partial charge >= 0.3 is 5.97 Å². The summed E-state index contributed by atoms with van der Waals surface area (Å²) in [7, 11) is 0. The van der Waals surface area contributed by atoms with Crippen LogP contribution in [0.25, 0.3) is 0 Å². The van der Waals surface area contributed by atoms with Crippen LogP contribution in [-0.4, -0.2) is 17.2 Å². The molecule has 64 valence electrons. The van der Waals surface area contributed by atoms with Crippen molar-refractivity contribution in [3.05, 3.63) is 24.0 Å². The van der Waals surface area contributed by atoms with Crippen LogP contribution in [0, 0.1) is 5.92 Å². The number of aliphatic carboxylic acids is 1. The highest BCUT2D eigenvalue weighted by atomic mass is 16.5. The van der Waals surface area contributed by atoms with Crippen molar-refractivity contribution in [2.75, 3.05) is 0 Å². The van der Waals surface area contributed by atoms with E-state index in [1.165, 1.54) is 0 Å². The van der Waals surface area contributed by atoms with Crippen LogP contribution in [0.4, 0.5) is 0 Å². The number of carbonyl (C=O) groups is 1. The van der Waals surface area contributed by atoms with E-state index in [1.807, 2.05) is 6.08 Å². The minimum absolute atomic E-state index is 0.0233. The first-order valence-corrected chi connectivity index (χ1v) is 4.03. The van der Waals surface area contributed by atoms with Crippen LogP contribution in [0.3, 0.4) is 0 Å². The van der Waals surface area contributed by atoms with E-state index in [0.717, 1.165) is 6.42 Å². The van der Waals surface area contributed by atoms with E-state index in [1.54, 1.807) is 12.3 Å².